The van der Waals surface area contributed by atoms with Gasteiger partial charge in [-0.05, 0) is 54.4 Å². The predicted octanol–water partition coefficient (Wildman–Crippen LogP) is 3.51. The predicted molar refractivity (Wildman–Crippen MR) is 61.8 cm³/mol. The Hall–Kier alpha value is -1.24. The van der Waals surface area contributed by atoms with Gasteiger partial charge < -0.3 is 4.74 Å². The quantitative estimate of drug-likeness (QED) is 0.710. The fourth-order valence-electron chi connectivity index (χ4n) is 2.96. The zero-order chi connectivity index (χ0) is 10.3. The van der Waals surface area contributed by atoms with Gasteiger partial charge in [0.05, 0.1) is 7.11 Å². The van der Waals surface area contributed by atoms with Crippen molar-refractivity contribution in [2.75, 3.05) is 7.11 Å². The van der Waals surface area contributed by atoms with Gasteiger partial charge >= 0.3 is 0 Å². The van der Waals surface area contributed by atoms with E-state index in [1.807, 2.05) is 0 Å². The van der Waals surface area contributed by atoms with Crippen LogP contribution in [0.2, 0.25) is 0 Å². The molecule has 0 heterocycles. The molecule has 3 rings (SSSR count). The molecule has 2 atom stereocenters. The maximum absolute atomic E-state index is 5.17. The zero-order valence-corrected chi connectivity index (χ0v) is 9.07. The van der Waals surface area contributed by atoms with E-state index in [0.29, 0.717) is 0 Å². The normalized spacial score (nSPS) is 27.9. The van der Waals surface area contributed by atoms with E-state index in [1.165, 1.54) is 24.8 Å². The average Bonchev–Trinajstić information content (AvgIpc) is 2.91. The van der Waals surface area contributed by atoms with Crippen molar-refractivity contribution in [3.63, 3.8) is 0 Å². The first-order chi connectivity index (χ1) is 7.36. The molecule has 1 saturated carbocycles. The van der Waals surface area contributed by atoms with Crippen molar-refractivity contribution >= 4 is 5.57 Å². The van der Waals surface area contributed by atoms with Gasteiger partial charge in [-0.1, -0.05) is 18.2 Å². The Balaban J connectivity index is 1.90. The third-order valence-corrected chi connectivity index (χ3v) is 3.75. The minimum Gasteiger partial charge on any atom is -0.497 e. The largest absolute Gasteiger partial charge is 0.497 e. The number of allylic oxidation sites excluding steroid dienone is 2. The molecule has 0 aromatic heterocycles. The van der Waals surface area contributed by atoms with Crippen LogP contribution in [0.3, 0.4) is 0 Å². The molecule has 78 valence electrons. The highest BCUT2D eigenvalue weighted by Crippen LogP contribution is 2.47. The molecule has 1 nitrogen and oxygen atoms in total. The van der Waals surface area contributed by atoms with Gasteiger partial charge in [0.1, 0.15) is 5.75 Å². The van der Waals surface area contributed by atoms with E-state index in [9.17, 15) is 0 Å². The lowest BCUT2D eigenvalue weighted by atomic mass is 9.92. The number of rotatable bonds is 2. The van der Waals surface area contributed by atoms with E-state index in [-0.39, 0.29) is 0 Å². The highest BCUT2D eigenvalue weighted by Gasteiger charge is 2.32. The Morgan fingerprint density at radius 2 is 1.93 bits per heavy atom. The number of methoxy groups -OCH3 is 1. The van der Waals surface area contributed by atoms with Gasteiger partial charge in [-0.25, -0.2) is 0 Å². The van der Waals surface area contributed by atoms with Crippen LogP contribution in [0.1, 0.15) is 24.8 Å². The summed E-state index contributed by atoms with van der Waals surface area (Å²) in [5.41, 5.74) is 2.97. The number of fused-ring (bicyclic) bond motifs is 2. The van der Waals surface area contributed by atoms with Gasteiger partial charge in [0.2, 0.25) is 0 Å². The Bertz CT molecular complexity index is 388. The Morgan fingerprint density at radius 3 is 2.47 bits per heavy atom. The monoisotopic (exact) mass is 200 g/mol. The third-order valence-electron chi connectivity index (χ3n) is 3.75. The molecule has 15 heavy (non-hydrogen) atoms. The van der Waals surface area contributed by atoms with Crippen LogP contribution in [0.25, 0.3) is 5.57 Å². The van der Waals surface area contributed by atoms with Gasteiger partial charge in [-0.15, -0.1) is 0 Å². The molecule has 2 aliphatic rings. The van der Waals surface area contributed by atoms with E-state index in [0.717, 1.165) is 17.6 Å². The molecule has 0 spiro atoms. The van der Waals surface area contributed by atoms with Crippen LogP contribution in [0.15, 0.2) is 30.3 Å². The Kier molecular flexibility index (Phi) is 2.05. The van der Waals surface area contributed by atoms with Gasteiger partial charge in [0.15, 0.2) is 0 Å². The molecular formula is C14H16O. The molecule has 0 N–H and O–H groups in total. The summed E-state index contributed by atoms with van der Waals surface area (Å²) < 4.78 is 5.17. The fourth-order valence-corrected chi connectivity index (χ4v) is 2.96. The van der Waals surface area contributed by atoms with Crippen molar-refractivity contribution in [1.82, 2.24) is 0 Å². The summed E-state index contributed by atoms with van der Waals surface area (Å²) in [6.45, 7) is 0. The minimum absolute atomic E-state index is 0.836. The van der Waals surface area contributed by atoms with Crippen LogP contribution in [0.5, 0.6) is 5.75 Å². The number of hydrogen-bond donors (Lipinski definition) is 0. The minimum atomic E-state index is 0.836. The second-order valence-electron chi connectivity index (χ2n) is 4.62. The molecular weight excluding hydrogens is 184 g/mol. The van der Waals surface area contributed by atoms with Gasteiger partial charge in [-0.2, -0.15) is 0 Å². The van der Waals surface area contributed by atoms with Crippen molar-refractivity contribution in [2.45, 2.75) is 19.3 Å². The van der Waals surface area contributed by atoms with E-state index in [1.54, 1.807) is 12.7 Å². The standard InChI is InChI=1S/C14H16O/c1-15-13-6-4-11(5-7-13)14-9-10-2-3-12(14)8-10/h4-7,9-10,12H,2-3,8H2,1H3/t10-,12-/m0/s1. The van der Waals surface area contributed by atoms with E-state index in [2.05, 4.69) is 30.3 Å². The highest BCUT2D eigenvalue weighted by atomic mass is 16.5. The second-order valence-corrected chi connectivity index (χ2v) is 4.62. The van der Waals surface area contributed by atoms with E-state index >= 15 is 0 Å². The van der Waals surface area contributed by atoms with Crippen LogP contribution < -0.4 is 4.74 Å². The van der Waals surface area contributed by atoms with Crippen molar-refractivity contribution in [1.29, 1.82) is 0 Å². The molecule has 2 bridgehead atoms. The van der Waals surface area contributed by atoms with Crippen LogP contribution in [0, 0.1) is 11.8 Å². The van der Waals surface area contributed by atoms with Crippen LogP contribution in [0.4, 0.5) is 0 Å². The SMILES string of the molecule is COc1ccc(C2=C[C@H]3CC[C@H]2C3)cc1. The van der Waals surface area contributed by atoms with Gasteiger partial charge in [-0.3, -0.25) is 0 Å². The van der Waals surface area contributed by atoms with Crippen LogP contribution in [-0.4, -0.2) is 7.11 Å². The first kappa shape index (κ1) is 9.02. The first-order valence-electron chi connectivity index (χ1n) is 5.73. The molecule has 1 heteroatoms. The number of benzene rings is 1. The summed E-state index contributed by atoms with van der Waals surface area (Å²) in [7, 11) is 1.71. The smallest absolute Gasteiger partial charge is 0.118 e. The van der Waals surface area contributed by atoms with Crippen molar-refractivity contribution in [2.24, 2.45) is 11.8 Å². The van der Waals surface area contributed by atoms with Crippen molar-refractivity contribution in [3.05, 3.63) is 35.9 Å². The summed E-state index contributed by atoms with van der Waals surface area (Å²) in [5, 5.41) is 0. The summed E-state index contributed by atoms with van der Waals surface area (Å²) in [6.07, 6.45) is 6.67. The Morgan fingerprint density at radius 1 is 1.13 bits per heavy atom. The lowest BCUT2D eigenvalue weighted by Crippen LogP contribution is -1.96. The lowest BCUT2D eigenvalue weighted by molar-refractivity contribution is 0.415. The molecule has 0 aliphatic heterocycles. The Labute approximate surface area is 90.8 Å². The molecule has 0 amide bonds. The summed E-state index contributed by atoms with van der Waals surface area (Å²) in [6, 6.07) is 8.49. The van der Waals surface area contributed by atoms with Gasteiger partial charge in [0.25, 0.3) is 0 Å². The molecule has 1 aromatic rings. The van der Waals surface area contributed by atoms with Crippen molar-refractivity contribution in [3.8, 4) is 5.75 Å². The highest BCUT2D eigenvalue weighted by molar-refractivity contribution is 5.71. The summed E-state index contributed by atoms with van der Waals surface area (Å²) >= 11 is 0. The molecule has 0 radical (unpaired) electrons. The van der Waals surface area contributed by atoms with Gasteiger partial charge in [0, 0.05) is 0 Å². The van der Waals surface area contributed by atoms with Crippen molar-refractivity contribution < 1.29 is 4.74 Å². The maximum Gasteiger partial charge on any atom is 0.118 e. The second kappa shape index (κ2) is 3.41. The first-order valence-corrected chi connectivity index (χ1v) is 5.73. The van der Waals surface area contributed by atoms with Crippen LogP contribution >= 0.6 is 0 Å². The molecule has 1 aromatic carbocycles. The fraction of sp³-hybridized carbons (Fsp3) is 0.429. The van der Waals surface area contributed by atoms with E-state index in [4.69, 9.17) is 4.74 Å². The lowest BCUT2D eigenvalue weighted by Gasteiger charge is -2.13. The number of hydrogen-bond acceptors (Lipinski definition) is 1. The molecule has 0 unspecified atom stereocenters. The molecule has 1 fully saturated rings. The third kappa shape index (κ3) is 1.46. The summed E-state index contributed by atoms with van der Waals surface area (Å²) in [5.74, 6) is 2.65. The average molecular weight is 200 g/mol. The maximum atomic E-state index is 5.17. The number of ether oxygens (including phenoxy) is 1. The molecule has 2 aliphatic carbocycles. The summed E-state index contributed by atoms with van der Waals surface area (Å²) in [4.78, 5) is 0. The zero-order valence-electron chi connectivity index (χ0n) is 9.07. The van der Waals surface area contributed by atoms with Crippen LogP contribution in [-0.2, 0) is 0 Å². The van der Waals surface area contributed by atoms with E-state index < -0.39 is 0 Å². The molecule has 0 saturated heterocycles. The topological polar surface area (TPSA) is 9.23 Å².